The van der Waals surface area contributed by atoms with E-state index < -0.39 is 11.7 Å². The highest BCUT2D eigenvalue weighted by Gasteiger charge is 2.34. The van der Waals surface area contributed by atoms with Gasteiger partial charge in [-0.2, -0.15) is 5.10 Å². The summed E-state index contributed by atoms with van der Waals surface area (Å²) in [5.74, 6) is 0.804. The Kier molecular flexibility index (Phi) is 5.94. The molecule has 0 bridgehead atoms. The number of carbonyl (C=O) groups is 1. The zero-order valence-corrected chi connectivity index (χ0v) is 20.0. The molecule has 10 heteroatoms. The fraction of sp³-hybridized carbons (Fsp3) is 0.455. The molecule has 1 aliphatic rings. The van der Waals surface area contributed by atoms with Crippen molar-refractivity contribution >= 4 is 46.1 Å². The molecule has 0 unspecified atom stereocenters. The van der Waals surface area contributed by atoms with Crippen LogP contribution in [0.4, 0.5) is 10.6 Å². The molecule has 0 saturated carbocycles. The second-order valence-electron chi connectivity index (χ2n) is 9.24. The third kappa shape index (κ3) is 4.61. The number of nitrogens with one attached hydrogen (secondary N) is 1. The maximum Gasteiger partial charge on any atom is 0.408 e. The summed E-state index contributed by atoms with van der Waals surface area (Å²) in [6.07, 6.45) is 4.39. The predicted octanol–water partition coefficient (Wildman–Crippen LogP) is 5.01. The summed E-state index contributed by atoms with van der Waals surface area (Å²) >= 11 is 12.6. The van der Waals surface area contributed by atoms with Gasteiger partial charge in [-0.05, 0) is 52.7 Å². The van der Waals surface area contributed by atoms with Crippen molar-refractivity contribution in [3.63, 3.8) is 0 Å². The smallest absolute Gasteiger partial charge is 0.408 e. The molecular formula is C22H26Cl2N6O2. The molecular weight excluding hydrogens is 451 g/mol. The normalized spacial score (nSPS) is 16.2. The van der Waals surface area contributed by atoms with Crippen LogP contribution >= 0.6 is 23.2 Å². The zero-order chi connectivity index (χ0) is 23.1. The third-order valence-electron chi connectivity index (χ3n) is 5.47. The average molecular weight is 477 g/mol. The second-order valence-corrected chi connectivity index (χ2v) is 10.0. The van der Waals surface area contributed by atoms with Gasteiger partial charge in [0.1, 0.15) is 17.7 Å². The molecule has 32 heavy (non-hydrogen) atoms. The summed E-state index contributed by atoms with van der Waals surface area (Å²) in [6.45, 7) is 9.06. The number of benzene rings is 1. The fourth-order valence-electron chi connectivity index (χ4n) is 3.80. The molecule has 3 aromatic rings. The monoisotopic (exact) mass is 476 g/mol. The molecule has 1 saturated heterocycles. The van der Waals surface area contributed by atoms with Gasteiger partial charge in [-0.25, -0.2) is 19.4 Å². The van der Waals surface area contributed by atoms with Gasteiger partial charge in [-0.3, -0.25) is 0 Å². The van der Waals surface area contributed by atoms with Crippen LogP contribution in [0, 0.1) is 0 Å². The van der Waals surface area contributed by atoms with E-state index in [1.54, 1.807) is 16.9 Å². The van der Waals surface area contributed by atoms with E-state index in [0.29, 0.717) is 21.4 Å². The average Bonchev–Trinajstić information content (AvgIpc) is 3.13. The van der Waals surface area contributed by atoms with E-state index >= 15 is 0 Å². The van der Waals surface area contributed by atoms with Crippen LogP contribution in [0.15, 0.2) is 30.7 Å². The number of carbonyl (C=O) groups excluding carboxylic acids is 1. The first-order valence-electron chi connectivity index (χ1n) is 10.5. The minimum absolute atomic E-state index is 0.344. The van der Waals surface area contributed by atoms with Crippen LogP contribution in [-0.4, -0.2) is 50.1 Å². The van der Waals surface area contributed by atoms with E-state index in [1.807, 2.05) is 39.8 Å². The predicted molar refractivity (Wildman–Crippen MR) is 126 cm³/mol. The molecule has 2 aromatic heterocycles. The van der Waals surface area contributed by atoms with Gasteiger partial charge in [0.15, 0.2) is 5.65 Å². The third-order valence-corrected chi connectivity index (χ3v) is 6.28. The number of piperidine rings is 1. The van der Waals surface area contributed by atoms with Gasteiger partial charge in [-0.15, -0.1) is 0 Å². The highest BCUT2D eigenvalue weighted by molar-refractivity contribution is 6.43. The van der Waals surface area contributed by atoms with E-state index in [4.69, 9.17) is 27.9 Å². The number of ether oxygens (including phenoxy) is 1. The second kappa shape index (κ2) is 8.41. The first-order chi connectivity index (χ1) is 15.1. The van der Waals surface area contributed by atoms with Crippen molar-refractivity contribution in [3.8, 4) is 5.69 Å². The number of nitrogens with zero attached hydrogens (tertiary/aromatic N) is 5. The molecule has 1 aromatic carbocycles. The van der Waals surface area contributed by atoms with E-state index in [1.165, 1.54) is 6.33 Å². The molecule has 1 fully saturated rings. The highest BCUT2D eigenvalue weighted by atomic mass is 35.5. The van der Waals surface area contributed by atoms with E-state index in [0.717, 1.165) is 37.1 Å². The summed E-state index contributed by atoms with van der Waals surface area (Å²) < 4.78 is 7.10. The Morgan fingerprint density at radius 2 is 1.91 bits per heavy atom. The molecule has 3 heterocycles. The number of aromatic nitrogens is 4. The molecule has 0 atom stereocenters. The van der Waals surface area contributed by atoms with Crippen LogP contribution in [0.25, 0.3) is 16.7 Å². The number of fused-ring (bicyclic) bond motifs is 1. The molecule has 4 rings (SSSR count). The molecule has 1 N–H and O–H groups in total. The van der Waals surface area contributed by atoms with Crippen LogP contribution in [0.1, 0.15) is 40.5 Å². The maximum absolute atomic E-state index is 12.2. The number of alkyl carbamates (subject to hydrolysis) is 1. The van der Waals surface area contributed by atoms with Gasteiger partial charge >= 0.3 is 6.09 Å². The summed E-state index contributed by atoms with van der Waals surface area (Å²) in [5, 5.41) is 9.23. The quantitative estimate of drug-likeness (QED) is 0.571. The Morgan fingerprint density at radius 3 is 2.59 bits per heavy atom. The highest BCUT2D eigenvalue weighted by Crippen LogP contribution is 2.33. The Balaban J connectivity index is 1.54. The number of rotatable bonds is 3. The SMILES string of the molecule is CC1(NC(=O)OC(C)(C)C)CCN(c2ncnc3c2cnn3-c2cccc(Cl)c2Cl)CC1. The Bertz CT molecular complexity index is 1150. The minimum atomic E-state index is -0.528. The van der Waals surface area contributed by atoms with Crippen molar-refractivity contribution in [2.45, 2.75) is 51.7 Å². The van der Waals surface area contributed by atoms with Gasteiger partial charge in [0.05, 0.1) is 27.3 Å². The van der Waals surface area contributed by atoms with Crippen LogP contribution in [0.3, 0.4) is 0 Å². The molecule has 0 aliphatic carbocycles. The topological polar surface area (TPSA) is 85.2 Å². The molecule has 0 radical (unpaired) electrons. The van der Waals surface area contributed by atoms with Crippen molar-refractivity contribution in [2.24, 2.45) is 0 Å². The lowest BCUT2D eigenvalue weighted by atomic mass is 9.89. The van der Waals surface area contributed by atoms with E-state index in [2.05, 4.69) is 25.3 Å². The number of hydrogen-bond donors (Lipinski definition) is 1. The summed E-state index contributed by atoms with van der Waals surface area (Å²) in [7, 11) is 0. The lowest BCUT2D eigenvalue weighted by Crippen LogP contribution is -2.54. The number of amides is 1. The summed E-state index contributed by atoms with van der Waals surface area (Å²) in [6, 6.07) is 5.40. The van der Waals surface area contributed by atoms with Crippen molar-refractivity contribution in [1.29, 1.82) is 0 Å². The molecule has 1 aliphatic heterocycles. The van der Waals surface area contributed by atoms with Crippen molar-refractivity contribution in [2.75, 3.05) is 18.0 Å². The lowest BCUT2D eigenvalue weighted by molar-refractivity contribution is 0.0448. The van der Waals surface area contributed by atoms with E-state index in [-0.39, 0.29) is 5.54 Å². The largest absolute Gasteiger partial charge is 0.444 e. The summed E-state index contributed by atoms with van der Waals surface area (Å²) in [4.78, 5) is 23.4. The van der Waals surface area contributed by atoms with Crippen molar-refractivity contribution in [1.82, 2.24) is 25.1 Å². The Hall–Kier alpha value is -2.58. The molecule has 1 amide bonds. The van der Waals surface area contributed by atoms with Gasteiger partial charge in [-0.1, -0.05) is 29.3 Å². The van der Waals surface area contributed by atoms with Crippen molar-refractivity contribution in [3.05, 3.63) is 40.8 Å². The number of anilines is 1. The van der Waals surface area contributed by atoms with Gasteiger partial charge < -0.3 is 15.0 Å². The minimum Gasteiger partial charge on any atom is -0.444 e. The van der Waals surface area contributed by atoms with Crippen LogP contribution in [-0.2, 0) is 4.74 Å². The van der Waals surface area contributed by atoms with E-state index in [9.17, 15) is 4.79 Å². The Labute approximate surface area is 196 Å². The zero-order valence-electron chi connectivity index (χ0n) is 18.5. The first kappa shape index (κ1) is 22.6. The Morgan fingerprint density at radius 1 is 1.19 bits per heavy atom. The van der Waals surface area contributed by atoms with Gasteiger partial charge in [0.25, 0.3) is 0 Å². The number of halogens is 2. The number of hydrogen-bond acceptors (Lipinski definition) is 6. The van der Waals surface area contributed by atoms with Crippen LogP contribution < -0.4 is 10.2 Å². The summed E-state index contributed by atoms with van der Waals surface area (Å²) in [5.41, 5.74) is 0.439. The standard InChI is InChI=1S/C22H26Cl2N6O2/c1-21(2,3)32-20(31)28-22(4)8-10-29(11-9-22)18-14-12-27-30(19(14)26-13-25-18)16-7-5-6-15(23)17(16)24/h5-7,12-13H,8-11H2,1-4H3,(H,28,31). The molecule has 170 valence electrons. The van der Waals surface area contributed by atoms with Crippen LogP contribution in [0.5, 0.6) is 0 Å². The van der Waals surface area contributed by atoms with Crippen LogP contribution in [0.2, 0.25) is 10.0 Å². The van der Waals surface area contributed by atoms with Crippen molar-refractivity contribution < 1.29 is 9.53 Å². The molecule has 8 nitrogen and oxygen atoms in total. The van der Waals surface area contributed by atoms with Gasteiger partial charge in [0.2, 0.25) is 0 Å². The van der Waals surface area contributed by atoms with Gasteiger partial charge in [0, 0.05) is 18.6 Å². The lowest BCUT2D eigenvalue weighted by Gasteiger charge is -2.40. The fourth-order valence-corrected chi connectivity index (χ4v) is 4.18. The maximum atomic E-state index is 12.2. The molecule has 0 spiro atoms. The first-order valence-corrected chi connectivity index (χ1v) is 11.2.